The molecule has 7 nitrogen and oxygen atoms in total. The quantitative estimate of drug-likeness (QED) is 0.549. The maximum atomic E-state index is 13.0. The van der Waals surface area contributed by atoms with Crippen LogP contribution < -0.4 is 10.3 Å². The molecule has 0 radical (unpaired) electrons. The molecule has 3 aromatic rings. The number of ketones is 1. The zero-order valence-corrected chi connectivity index (χ0v) is 18.5. The second kappa shape index (κ2) is 9.00. The lowest BCUT2D eigenvalue weighted by Crippen LogP contribution is -2.30. The monoisotopic (exact) mass is 418 g/mol. The van der Waals surface area contributed by atoms with Crippen molar-refractivity contribution >= 4 is 5.78 Å². The van der Waals surface area contributed by atoms with Crippen LogP contribution in [0.15, 0.2) is 35.1 Å². The van der Waals surface area contributed by atoms with Crippen molar-refractivity contribution in [3.8, 4) is 11.8 Å². The van der Waals surface area contributed by atoms with Crippen molar-refractivity contribution in [3.05, 3.63) is 80.0 Å². The summed E-state index contributed by atoms with van der Waals surface area (Å²) in [5.41, 5.74) is 4.19. The molecule has 0 aliphatic rings. The van der Waals surface area contributed by atoms with E-state index >= 15 is 0 Å². The van der Waals surface area contributed by atoms with Crippen molar-refractivity contribution in [3.63, 3.8) is 0 Å². The predicted molar refractivity (Wildman–Crippen MR) is 118 cm³/mol. The number of benzene rings is 1. The molecule has 0 fully saturated rings. The van der Waals surface area contributed by atoms with Crippen LogP contribution in [-0.2, 0) is 19.5 Å². The van der Waals surface area contributed by atoms with E-state index in [0.717, 1.165) is 34.8 Å². The van der Waals surface area contributed by atoms with Gasteiger partial charge in [-0.3, -0.25) is 9.59 Å². The van der Waals surface area contributed by atoms with Gasteiger partial charge in [0.05, 0.1) is 12.8 Å². The molecule has 160 valence electrons. The molecule has 3 rings (SSSR count). The van der Waals surface area contributed by atoms with Gasteiger partial charge in [0.1, 0.15) is 23.9 Å². The van der Waals surface area contributed by atoms with Crippen LogP contribution >= 0.6 is 0 Å². The topological polar surface area (TPSA) is 89.9 Å². The van der Waals surface area contributed by atoms with Gasteiger partial charge < -0.3 is 9.30 Å². The maximum absolute atomic E-state index is 13.0. The van der Waals surface area contributed by atoms with Crippen LogP contribution in [0, 0.1) is 39.0 Å². The summed E-state index contributed by atoms with van der Waals surface area (Å²) in [6.45, 7) is 7.82. The first-order chi connectivity index (χ1) is 14.8. The SMILES string of the molecule is COc1ccc(CCn2c(C)cc(C(=O)Cn3nc(C)c(C)c(C#N)c3=O)c2C)cc1. The number of hydrogen-bond acceptors (Lipinski definition) is 5. The number of Topliss-reactive ketones (excluding diaryl/α,β-unsaturated/α-hetero) is 1. The average molecular weight is 418 g/mol. The van der Waals surface area contributed by atoms with E-state index in [-0.39, 0.29) is 17.9 Å². The van der Waals surface area contributed by atoms with Gasteiger partial charge in [0.15, 0.2) is 5.78 Å². The Labute approximate surface area is 181 Å². The molecule has 0 atom stereocenters. The molecule has 0 saturated carbocycles. The highest BCUT2D eigenvalue weighted by Crippen LogP contribution is 2.18. The van der Waals surface area contributed by atoms with E-state index in [0.29, 0.717) is 16.8 Å². The number of aryl methyl sites for hydroxylation is 3. The fraction of sp³-hybridized carbons (Fsp3) is 0.333. The molecule has 0 N–H and O–H groups in total. The first-order valence-electron chi connectivity index (χ1n) is 10.1. The summed E-state index contributed by atoms with van der Waals surface area (Å²) < 4.78 is 8.39. The number of carbonyl (C=O) groups excluding carboxylic acids is 1. The molecular weight excluding hydrogens is 392 g/mol. The van der Waals surface area contributed by atoms with Crippen LogP contribution in [0.2, 0.25) is 0 Å². The van der Waals surface area contributed by atoms with E-state index in [2.05, 4.69) is 9.67 Å². The molecule has 2 aromatic heterocycles. The smallest absolute Gasteiger partial charge is 0.285 e. The molecule has 0 spiro atoms. The molecule has 31 heavy (non-hydrogen) atoms. The van der Waals surface area contributed by atoms with Gasteiger partial charge in [-0.2, -0.15) is 10.4 Å². The number of carbonyl (C=O) groups is 1. The second-order valence-electron chi connectivity index (χ2n) is 7.62. The van der Waals surface area contributed by atoms with Gasteiger partial charge in [0.25, 0.3) is 5.56 Å². The second-order valence-corrected chi connectivity index (χ2v) is 7.62. The molecule has 0 amide bonds. The van der Waals surface area contributed by atoms with E-state index < -0.39 is 5.56 Å². The third-order valence-corrected chi connectivity index (χ3v) is 5.70. The van der Waals surface area contributed by atoms with Crippen molar-refractivity contribution < 1.29 is 9.53 Å². The molecule has 1 aromatic carbocycles. The summed E-state index contributed by atoms with van der Waals surface area (Å²) >= 11 is 0. The molecule has 0 saturated heterocycles. The Morgan fingerprint density at radius 3 is 2.45 bits per heavy atom. The average Bonchev–Trinajstić information content (AvgIpc) is 3.04. The summed E-state index contributed by atoms with van der Waals surface area (Å²) in [5.74, 6) is 0.616. The molecule has 0 aliphatic carbocycles. The van der Waals surface area contributed by atoms with Gasteiger partial charge in [0, 0.05) is 23.5 Å². The Bertz CT molecular complexity index is 1230. The number of hydrogen-bond donors (Lipinski definition) is 0. The summed E-state index contributed by atoms with van der Waals surface area (Å²) in [6, 6.07) is 11.7. The first kappa shape index (κ1) is 22.0. The Kier molecular flexibility index (Phi) is 6.40. The van der Waals surface area contributed by atoms with E-state index in [1.165, 1.54) is 5.56 Å². The minimum absolute atomic E-state index is 0.0327. The minimum atomic E-state index is -0.535. The number of methoxy groups -OCH3 is 1. The van der Waals surface area contributed by atoms with Crippen LogP contribution in [0.3, 0.4) is 0 Å². The molecule has 0 bridgehead atoms. The summed E-state index contributed by atoms with van der Waals surface area (Å²) in [6.07, 6.45) is 0.817. The van der Waals surface area contributed by atoms with Crippen LogP contribution in [0.5, 0.6) is 5.75 Å². The first-order valence-corrected chi connectivity index (χ1v) is 10.1. The lowest BCUT2D eigenvalue weighted by Gasteiger charge is -2.11. The zero-order valence-electron chi connectivity index (χ0n) is 18.5. The Hall–Kier alpha value is -3.66. The summed E-state index contributed by atoms with van der Waals surface area (Å²) in [4.78, 5) is 25.5. The predicted octanol–water partition coefficient (Wildman–Crippen LogP) is 3.28. The van der Waals surface area contributed by atoms with E-state index in [4.69, 9.17) is 4.74 Å². The maximum Gasteiger partial charge on any atom is 0.285 e. The van der Waals surface area contributed by atoms with Gasteiger partial charge in [-0.15, -0.1) is 0 Å². The molecule has 7 heteroatoms. The molecule has 2 heterocycles. The van der Waals surface area contributed by atoms with E-state index in [1.807, 2.05) is 50.2 Å². The normalized spacial score (nSPS) is 10.7. The van der Waals surface area contributed by atoms with Crippen LogP contribution in [0.1, 0.15) is 44.1 Å². The highest BCUT2D eigenvalue weighted by Gasteiger charge is 2.19. The number of nitriles is 1. The largest absolute Gasteiger partial charge is 0.497 e. The van der Waals surface area contributed by atoms with Gasteiger partial charge in [-0.05, 0) is 63.4 Å². The van der Waals surface area contributed by atoms with Crippen LogP contribution in [-0.4, -0.2) is 27.2 Å². The van der Waals surface area contributed by atoms with Crippen LogP contribution in [0.25, 0.3) is 0 Å². The van der Waals surface area contributed by atoms with Crippen molar-refractivity contribution in [2.45, 2.75) is 47.2 Å². The zero-order chi connectivity index (χ0) is 22.7. The van der Waals surface area contributed by atoms with Gasteiger partial charge in [0.2, 0.25) is 0 Å². The third kappa shape index (κ3) is 4.43. The number of rotatable bonds is 7. The van der Waals surface area contributed by atoms with Crippen molar-refractivity contribution in [2.24, 2.45) is 0 Å². The highest BCUT2D eigenvalue weighted by atomic mass is 16.5. The fourth-order valence-corrected chi connectivity index (χ4v) is 3.69. The number of ether oxygens (including phenoxy) is 1. The van der Waals surface area contributed by atoms with Gasteiger partial charge >= 0.3 is 0 Å². The molecular formula is C24H26N4O3. The van der Waals surface area contributed by atoms with E-state index in [1.54, 1.807) is 21.0 Å². The third-order valence-electron chi connectivity index (χ3n) is 5.70. The van der Waals surface area contributed by atoms with Crippen molar-refractivity contribution in [1.29, 1.82) is 5.26 Å². The molecule has 0 unspecified atom stereocenters. The summed E-state index contributed by atoms with van der Waals surface area (Å²) in [7, 11) is 1.64. The van der Waals surface area contributed by atoms with Gasteiger partial charge in [-0.1, -0.05) is 12.1 Å². The van der Waals surface area contributed by atoms with Crippen LogP contribution in [0.4, 0.5) is 0 Å². The Morgan fingerprint density at radius 2 is 1.84 bits per heavy atom. The van der Waals surface area contributed by atoms with Crippen molar-refractivity contribution in [2.75, 3.05) is 7.11 Å². The minimum Gasteiger partial charge on any atom is -0.497 e. The van der Waals surface area contributed by atoms with Crippen molar-refractivity contribution in [1.82, 2.24) is 14.3 Å². The molecule has 0 aliphatic heterocycles. The Morgan fingerprint density at radius 1 is 1.16 bits per heavy atom. The summed E-state index contributed by atoms with van der Waals surface area (Å²) in [5, 5.41) is 13.5. The highest BCUT2D eigenvalue weighted by molar-refractivity contribution is 5.97. The van der Waals surface area contributed by atoms with E-state index in [9.17, 15) is 14.9 Å². The number of nitrogens with zero attached hydrogens (tertiary/aromatic N) is 4. The lowest BCUT2D eigenvalue weighted by molar-refractivity contribution is 0.0964. The Balaban J connectivity index is 1.81. The lowest BCUT2D eigenvalue weighted by atomic mass is 10.1. The fourth-order valence-electron chi connectivity index (χ4n) is 3.69. The number of aromatic nitrogens is 3. The van der Waals surface area contributed by atoms with Gasteiger partial charge in [-0.25, -0.2) is 4.68 Å². The standard InChI is InChI=1S/C24H26N4O3/c1-15-12-21(18(4)27(15)11-10-19-6-8-20(31-5)9-7-19)23(29)14-28-24(30)22(13-25)16(2)17(3)26-28/h6-9,12H,10-11,14H2,1-5H3.